The Morgan fingerprint density at radius 1 is 1.12 bits per heavy atom. The highest BCUT2D eigenvalue weighted by Crippen LogP contribution is 2.40. The third kappa shape index (κ3) is 3.20. The highest BCUT2D eigenvalue weighted by atomic mass is 31.2. The number of phosphoric ester groups is 1. The quantitative estimate of drug-likeness (QED) is 0.289. The highest BCUT2D eigenvalue weighted by molar-refractivity contribution is 7.46. The lowest BCUT2D eigenvalue weighted by Gasteiger charge is -2.39. The molecule has 0 spiro atoms. The zero-order valence-electron chi connectivity index (χ0n) is 7.95. The lowest BCUT2D eigenvalue weighted by Crippen LogP contribution is -2.58. The van der Waals surface area contributed by atoms with Gasteiger partial charge in [-0.15, -0.1) is 0 Å². The van der Waals surface area contributed by atoms with Crippen molar-refractivity contribution in [2.75, 3.05) is 6.61 Å². The van der Waals surface area contributed by atoms with E-state index in [-0.39, 0.29) is 0 Å². The van der Waals surface area contributed by atoms with Crippen LogP contribution in [0, 0.1) is 0 Å². The summed E-state index contributed by atoms with van der Waals surface area (Å²) in [6.07, 6.45) is -8.25. The molecule has 0 aromatic heterocycles. The van der Waals surface area contributed by atoms with Gasteiger partial charge >= 0.3 is 7.82 Å². The van der Waals surface area contributed by atoms with Crippen molar-refractivity contribution < 1.29 is 44.0 Å². The maximum atomic E-state index is 10.5. The van der Waals surface area contributed by atoms with Crippen LogP contribution in [0.15, 0.2) is 0 Å². The van der Waals surface area contributed by atoms with Gasteiger partial charge in [-0.05, 0) is 0 Å². The summed E-state index contributed by atoms with van der Waals surface area (Å²) in [6.45, 7) is -0.702. The Morgan fingerprint density at radius 2 is 1.69 bits per heavy atom. The second-order valence-corrected chi connectivity index (χ2v) is 4.49. The molecule has 1 aliphatic rings. The molecule has 1 heterocycles. The van der Waals surface area contributed by atoms with Crippen LogP contribution < -0.4 is 0 Å². The Bertz CT molecular complexity index is 275. The number of ether oxygens (including phenoxy) is 1. The normalized spacial score (nSPS) is 41.0. The van der Waals surface area contributed by atoms with E-state index < -0.39 is 45.1 Å². The minimum atomic E-state index is -4.91. The van der Waals surface area contributed by atoms with Crippen molar-refractivity contribution in [3.8, 4) is 0 Å². The van der Waals surface area contributed by atoms with Gasteiger partial charge in [0, 0.05) is 0 Å². The second-order valence-electron chi connectivity index (χ2n) is 3.29. The lowest BCUT2D eigenvalue weighted by molar-refractivity contribution is -0.280. The largest absolute Gasteiger partial charge is 0.472 e. The SMILES string of the molecule is O=P(O)(O)OC1O[C@H](CO)[C@H](O)[C@@H](O)[C@@H]1O. The summed E-state index contributed by atoms with van der Waals surface area (Å²) < 4.78 is 19.2. The molecule has 10 heteroatoms. The number of aliphatic hydroxyl groups excluding tert-OH is 4. The molecule has 0 bridgehead atoms. The van der Waals surface area contributed by atoms with Crippen molar-refractivity contribution >= 4 is 7.82 Å². The maximum absolute atomic E-state index is 10.5. The fraction of sp³-hybridized carbons (Fsp3) is 1.00. The Hall–Kier alpha value is -0.0900. The van der Waals surface area contributed by atoms with Gasteiger partial charge in [-0.3, -0.25) is 4.52 Å². The topological polar surface area (TPSA) is 157 Å². The molecule has 1 rings (SSSR count). The van der Waals surface area contributed by atoms with Crippen LogP contribution >= 0.6 is 7.82 Å². The van der Waals surface area contributed by atoms with Gasteiger partial charge in [-0.2, -0.15) is 0 Å². The smallest absolute Gasteiger partial charge is 0.394 e. The average Bonchev–Trinajstić information content (AvgIpc) is 2.17. The lowest BCUT2D eigenvalue weighted by atomic mass is 10.00. The van der Waals surface area contributed by atoms with Crippen LogP contribution in [0.4, 0.5) is 0 Å². The van der Waals surface area contributed by atoms with Gasteiger partial charge in [-0.1, -0.05) is 0 Å². The standard InChI is InChI=1S/C6H13O9P/c7-1-2-3(8)4(9)5(10)6(14-2)15-16(11,12)13/h2-10H,1H2,(H2,11,12,13)/t2-,3+,4-,5+,6?/m1/s1. The maximum Gasteiger partial charge on any atom is 0.472 e. The molecule has 0 amide bonds. The molecule has 0 radical (unpaired) electrons. The summed E-state index contributed by atoms with van der Waals surface area (Å²) in [5.74, 6) is 0. The molecule has 1 unspecified atom stereocenters. The van der Waals surface area contributed by atoms with Crippen LogP contribution in [0.3, 0.4) is 0 Å². The molecule has 96 valence electrons. The molecule has 16 heavy (non-hydrogen) atoms. The van der Waals surface area contributed by atoms with E-state index in [0.29, 0.717) is 0 Å². The number of hydrogen-bond acceptors (Lipinski definition) is 7. The first kappa shape index (κ1) is 14.0. The van der Waals surface area contributed by atoms with Crippen molar-refractivity contribution in [3.63, 3.8) is 0 Å². The van der Waals surface area contributed by atoms with Crippen molar-refractivity contribution in [1.29, 1.82) is 0 Å². The van der Waals surface area contributed by atoms with Gasteiger partial charge in [0.15, 0.2) is 6.29 Å². The molecule has 1 aliphatic heterocycles. The van der Waals surface area contributed by atoms with Crippen LogP contribution in [0.1, 0.15) is 0 Å². The third-order valence-electron chi connectivity index (χ3n) is 2.09. The van der Waals surface area contributed by atoms with E-state index in [0.717, 1.165) is 0 Å². The number of rotatable bonds is 3. The van der Waals surface area contributed by atoms with Gasteiger partial charge in [0.1, 0.15) is 24.4 Å². The van der Waals surface area contributed by atoms with Crippen LogP contribution in [-0.2, 0) is 13.8 Å². The first-order valence-electron chi connectivity index (χ1n) is 4.30. The molecular formula is C6H13O9P. The average molecular weight is 260 g/mol. The van der Waals surface area contributed by atoms with Crippen molar-refractivity contribution in [1.82, 2.24) is 0 Å². The summed E-state index contributed by atoms with van der Waals surface area (Å²) in [6, 6.07) is 0. The predicted molar refractivity (Wildman–Crippen MR) is 46.9 cm³/mol. The van der Waals surface area contributed by atoms with Gasteiger partial charge < -0.3 is 34.9 Å². The molecule has 0 aliphatic carbocycles. The third-order valence-corrected chi connectivity index (χ3v) is 2.57. The first-order valence-corrected chi connectivity index (χ1v) is 5.83. The number of phosphoric acid groups is 1. The van der Waals surface area contributed by atoms with Gasteiger partial charge in [0.05, 0.1) is 6.61 Å². The summed E-state index contributed by atoms with van der Waals surface area (Å²) in [5, 5.41) is 36.6. The van der Waals surface area contributed by atoms with Crippen molar-refractivity contribution in [3.05, 3.63) is 0 Å². The van der Waals surface area contributed by atoms with E-state index in [2.05, 4.69) is 9.26 Å². The molecule has 0 saturated carbocycles. The minimum Gasteiger partial charge on any atom is -0.394 e. The van der Waals surface area contributed by atoms with E-state index in [9.17, 15) is 19.9 Å². The van der Waals surface area contributed by atoms with Crippen molar-refractivity contribution in [2.45, 2.75) is 30.7 Å². The zero-order chi connectivity index (χ0) is 12.5. The van der Waals surface area contributed by atoms with Gasteiger partial charge in [0.2, 0.25) is 0 Å². The summed E-state index contributed by atoms with van der Waals surface area (Å²) in [7, 11) is -4.91. The Morgan fingerprint density at radius 3 is 2.12 bits per heavy atom. The molecule has 9 nitrogen and oxygen atoms in total. The zero-order valence-corrected chi connectivity index (χ0v) is 8.84. The molecule has 1 saturated heterocycles. The van der Waals surface area contributed by atoms with E-state index in [4.69, 9.17) is 14.9 Å². The van der Waals surface area contributed by atoms with Crippen LogP contribution in [0.2, 0.25) is 0 Å². The Balaban J connectivity index is 2.75. The van der Waals surface area contributed by atoms with E-state index in [1.165, 1.54) is 0 Å². The van der Waals surface area contributed by atoms with Gasteiger partial charge in [0.25, 0.3) is 0 Å². The van der Waals surface area contributed by atoms with Crippen LogP contribution in [-0.4, -0.2) is 67.5 Å². The van der Waals surface area contributed by atoms with E-state index in [1.807, 2.05) is 0 Å². The highest BCUT2D eigenvalue weighted by Gasteiger charge is 2.46. The van der Waals surface area contributed by atoms with Gasteiger partial charge in [-0.25, -0.2) is 4.57 Å². The first-order chi connectivity index (χ1) is 7.26. The van der Waals surface area contributed by atoms with Crippen LogP contribution in [0.5, 0.6) is 0 Å². The number of aliphatic hydroxyl groups is 4. The Labute approximate surface area is 90.1 Å². The van der Waals surface area contributed by atoms with E-state index >= 15 is 0 Å². The minimum absolute atomic E-state index is 0.702. The molecule has 0 aromatic carbocycles. The fourth-order valence-electron chi connectivity index (χ4n) is 1.29. The monoisotopic (exact) mass is 260 g/mol. The Kier molecular flexibility index (Phi) is 4.41. The summed E-state index contributed by atoms with van der Waals surface area (Å²) >= 11 is 0. The molecule has 6 N–H and O–H groups in total. The molecular weight excluding hydrogens is 247 g/mol. The molecule has 5 atom stereocenters. The van der Waals surface area contributed by atoms with Crippen molar-refractivity contribution in [2.24, 2.45) is 0 Å². The fourth-order valence-corrected chi connectivity index (χ4v) is 1.73. The molecule has 0 aromatic rings. The summed E-state index contributed by atoms with van der Waals surface area (Å²) in [4.78, 5) is 17.0. The van der Waals surface area contributed by atoms with Crippen LogP contribution in [0.25, 0.3) is 0 Å². The predicted octanol–water partition coefficient (Wildman–Crippen LogP) is -3.10. The van der Waals surface area contributed by atoms with E-state index in [1.54, 1.807) is 0 Å². The number of hydrogen-bond donors (Lipinski definition) is 6. The molecule has 1 fully saturated rings. The second kappa shape index (κ2) is 5.05. The summed E-state index contributed by atoms with van der Waals surface area (Å²) in [5.41, 5.74) is 0.